The number of benzene rings is 1. The Hall–Kier alpha value is -1.62. The second-order valence-electron chi connectivity index (χ2n) is 4.64. The molecule has 0 aliphatic heterocycles. The van der Waals surface area contributed by atoms with Crippen LogP contribution in [0, 0.1) is 11.7 Å². The molecule has 3 nitrogen and oxygen atoms in total. The highest BCUT2D eigenvalue weighted by Crippen LogP contribution is 2.33. The summed E-state index contributed by atoms with van der Waals surface area (Å²) >= 11 is 1.49. The van der Waals surface area contributed by atoms with Gasteiger partial charge in [0.15, 0.2) is 5.03 Å². The predicted octanol–water partition coefficient (Wildman–Crippen LogP) is 2.87. The van der Waals surface area contributed by atoms with E-state index in [4.69, 9.17) is 0 Å². The summed E-state index contributed by atoms with van der Waals surface area (Å²) in [5.74, 6) is 1.32. The second kappa shape index (κ2) is 5.17. The SMILES string of the molecule is O=c1c(SCC2CC2)nccn1-c1cccc(F)c1. The van der Waals surface area contributed by atoms with Crippen molar-refractivity contribution in [1.29, 1.82) is 0 Å². The highest BCUT2D eigenvalue weighted by molar-refractivity contribution is 7.99. The van der Waals surface area contributed by atoms with E-state index in [1.807, 2.05) is 0 Å². The van der Waals surface area contributed by atoms with Crippen LogP contribution in [0.3, 0.4) is 0 Å². The third-order valence-electron chi connectivity index (χ3n) is 3.05. The van der Waals surface area contributed by atoms with Crippen molar-refractivity contribution in [2.45, 2.75) is 17.9 Å². The lowest BCUT2D eigenvalue weighted by Gasteiger charge is -2.07. The van der Waals surface area contributed by atoms with Crippen LogP contribution in [-0.2, 0) is 0 Å². The fourth-order valence-corrected chi connectivity index (χ4v) is 2.89. The first-order valence-corrected chi connectivity index (χ1v) is 7.19. The molecule has 1 fully saturated rings. The summed E-state index contributed by atoms with van der Waals surface area (Å²) in [4.78, 5) is 16.4. The molecule has 0 radical (unpaired) electrons. The van der Waals surface area contributed by atoms with Crippen molar-refractivity contribution in [2.24, 2.45) is 5.92 Å². The minimum absolute atomic E-state index is 0.182. The van der Waals surface area contributed by atoms with Crippen LogP contribution in [0.15, 0.2) is 46.5 Å². The maximum absolute atomic E-state index is 13.2. The fourth-order valence-electron chi connectivity index (χ4n) is 1.80. The second-order valence-corrected chi connectivity index (χ2v) is 5.65. The summed E-state index contributed by atoms with van der Waals surface area (Å²) in [6, 6.07) is 6.00. The average molecular weight is 276 g/mol. The van der Waals surface area contributed by atoms with Gasteiger partial charge in [0, 0.05) is 18.1 Å². The first-order valence-electron chi connectivity index (χ1n) is 6.20. The molecule has 0 atom stereocenters. The van der Waals surface area contributed by atoms with Crippen LogP contribution < -0.4 is 5.56 Å². The lowest BCUT2D eigenvalue weighted by Crippen LogP contribution is -2.20. The average Bonchev–Trinajstić information content (AvgIpc) is 3.22. The molecule has 2 aromatic rings. The molecule has 5 heteroatoms. The standard InChI is InChI=1S/C14H13FN2OS/c15-11-2-1-3-12(8-11)17-7-6-16-13(14(17)18)19-9-10-4-5-10/h1-3,6-8,10H,4-5,9H2. The maximum atomic E-state index is 13.2. The molecule has 0 unspecified atom stereocenters. The van der Waals surface area contributed by atoms with E-state index in [-0.39, 0.29) is 11.4 Å². The molecule has 19 heavy (non-hydrogen) atoms. The highest BCUT2D eigenvalue weighted by atomic mass is 32.2. The molecule has 3 rings (SSSR count). The maximum Gasteiger partial charge on any atom is 0.287 e. The molecule has 1 saturated carbocycles. The van der Waals surface area contributed by atoms with Gasteiger partial charge in [0.25, 0.3) is 5.56 Å². The zero-order valence-corrected chi connectivity index (χ0v) is 11.1. The first-order chi connectivity index (χ1) is 9.24. The zero-order chi connectivity index (χ0) is 13.2. The third-order valence-corrected chi connectivity index (χ3v) is 4.24. The molecule has 0 spiro atoms. The number of rotatable bonds is 4. The molecule has 1 aliphatic rings. The van der Waals surface area contributed by atoms with Crippen molar-refractivity contribution < 1.29 is 4.39 Å². The number of hydrogen-bond acceptors (Lipinski definition) is 3. The molecule has 1 heterocycles. The molecule has 98 valence electrons. The van der Waals surface area contributed by atoms with E-state index in [1.54, 1.807) is 24.5 Å². The highest BCUT2D eigenvalue weighted by Gasteiger charge is 2.22. The third kappa shape index (κ3) is 2.87. The predicted molar refractivity (Wildman–Crippen MR) is 73.2 cm³/mol. The van der Waals surface area contributed by atoms with Gasteiger partial charge in [-0.25, -0.2) is 9.37 Å². The van der Waals surface area contributed by atoms with E-state index >= 15 is 0 Å². The number of halogens is 1. The number of nitrogens with zero attached hydrogens (tertiary/aromatic N) is 2. The van der Waals surface area contributed by atoms with Gasteiger partial charge in [0.05, 0.1) is 5.69 Å². The molecule has 0 N–H and O–H groups in total. The van der Waals surface area contributed by atoms with Crippen LogP contribution in [0.5, 0.6) is 0 Å². The Morgan fingerprint density at radius 3 is 3.00 bits per heavy atom. The molecule has 0 amide bonds. The van der Waals surface area contributed by atoms with Gasteiger partial charge in [-0.05, 0) is 37.0 Å². The van der Waals surface area contributed by atoms with E-state index in [2.05, 4.69) is 4.98 Å². The first kappa shape index (κ1) is 12.4. The summed E-state index contributed by atoms with van der Waals surface area (Å²) in [7, 11) is 0. The van der Waals surface area contributed by atoms with E-state index in [0.717, 1.165) is 11.7 Å². The summed E-state index contributed by atoms with van der Waals surface area (Å²) in [5.41, 5.74) is 0.347. The van der Waals surface area contributed by atoms with Gasteiger partial charge in [0.1, 0.15) is 5.82 Å². The van der Waals surface area contributed by atoms with E-state index in [9.17, 15) is 9.18 Å². The fraction of sp³-hybridized carbons (Fsp3) is 0.286. The van der Waals surface area contributed by atoms with Crippen molar-refractivity contribution >= 4 is 11.8 Å². The summed E-state index contributed by atoms with van der Waals surface area (Å²) in [5, 5.41) is 0.485. The van der Waals surface area contributed by atoms with Crippen molar-refractivity contribution in [3.05, 3.63) is 52.8 Å². The Morgan fingerprint density at radius 1 is 1.42 bits per heavy atom. The molecular formula is C14H13FN2OS. The smallest absolute Gasteiger partial charge is 0.280 e. The van der Waals surface area contributed by atoms with E-state index in [0.29, 0.717) is 10.7 Å². The number of thioether (sulfide) groups is 1. The van der Waals surface area contributed by atoms with Gasteiger partial charge in [0.2, 0.25) is 0 Å². The molecule has 0 bridgehead atoms. The van der Waals surface area contributed by atoms with Gasteiger partial charge in [-0.1, -0.05) is 6.07 Å². The monoisotopic (exact) mass is 276 g/mol. The van der Waals surface area contributed by atoms with Gasteiger partial charge in [-0.2, -0.15) is 0 Å². The molecule has 1 aromatic carbocycles. The summed E-state index contributed by atoms with van der Waals surface area (Å²) in [6.45, 7) is 0. The van der Waals surface area contributed by atoms with Crippen LogP contribution in [0.4, 0.5) is 4.39 Å². The van der Waals surface area contributed by atoms with Crippen molar-refractivity contribution in [1.82, 2.24) is 9.55 Å². The van der Waals surface area contributed by atoms with Crippen molar-refractivity contribution in [2.75, 3.05) is 5.75 Å². The van der Waals surface area contributed by atoms with Crippen LogP contribution in [0.1, 0.15) is 12.8 Å². The summed E-state index contributed by atoms with van der Waals surface area (Å²) < 4.78 is 14.6. The normalized spacial score (nSPS) is 14.6. The Bertz CT molecular complexity index is 652. The van der Waals surface area contributed by atoms with Gasteiger partial charge < -0.3 is 0 Å². The van der Waals surface area contributed by atoms with Gasteiger partial charge in [-0.15, -0.1) is 11.8 Å². The lowest BCUT2D eigenvalue weighted by atomic mass is 10.3. The number of aromatic nitrogens is 2. The molecular weight excluding hydrogens is 263 g/mol. The van der Waals surface area contributed by atoms with Crippen LogP contribution >= 0.6 is 11.8 Å². The van der Waals surface area contributed by atoms with Crippen molar-refractivity contribution in [3.63, 3.8) is 0 Å². The largest absolute Gasteiger partial charge is 0.287 e. The topological polar surface area (TPSA) is 34.9 Å². The number of hydrogen-bond donors (Lipinski definition) is 0. The molecule has 0 saturated heterocycles. The van der Waals surface area contributed by atoms with Crippen LogP contribution in [-0.4, -0.2) is 15.3 Å². The van der Waals surface area contributed by atoms with Crippen LogP contribution in [0.25, 0.3) is 5.69 Å². The summed E-state index contributed by atoms with van der Waals surface area (Å²) in [6.07, 6.45) is 5.65. The molecule has 1 aromatic heterocycles. The quantitative estimate of drug-likeness (QED) is 0.805. The van der Waals surface area contributed by atoms with Crippen LogP contribution in [0.2, 0.25) is 0 Å². The lowest BCUT2D eigenvalue weighted by molar-refractivity contribution is 0.626. The minimum Gasteiger partial charge on any atom is -0.280 e. The minimum atomic E-state index is -0.353. The van der Waals surface area contributed by atoms with Gasteiger partial charge >= 0.3 is 0 Å². The molecule has 1 aliphatic carbocycles. The van der Waals surface area contributed by atoms with Crippen molar-refractivity contribution in [3.8, 4) is 5.69 Å². The Kier molecular flexibility index (Phi) is 3.38. The van der Waals surface area contributed by atoms with E-state index in [1.165, 1.54) is 41.3 Å². The Morgan fingerprint density at radius 2 is 2.26 bits per heavy atom. The van der Waals surface area contributed by atoms with E-state index < -0.39 is 0 Å². The Balaban J connectivity index is 1.92. The zero-order valence-electron chi connectivity index (χ0n) is 10.3. The van der Waals surface area contributed by atoms with Gasteiger partial charge in [-0.3, -0.25) is 9.36 Å². The Labute approximate surface area is 114 Å².